The summed E-state index contributed by atoms with van der Waals surface area (Å²) in [6, 6.07) is 0. The van der Waals surface area contributed by atoms with Gasteiger partial charge in [-0.25, -0.2) is 13.2 Å². The van der Waals surface area contributed by atoms with Crippen LogP contribution in [-0.2, 0) is 10.0 Å². The second kappa shape index (κ2) is 4.99. The van der Waals surface area contributed by atoms with Gasteiger partial charge in [-0.15, -0.1) is 6.42 Å². The fourth-order valence-electron chi connectivity index (χ4n) is 1.22. The van der Waals surface area contributed by atoms with Gasteiger partial charge in [0.25, 0.3) is 10.0 Å². The number of carboxylic acids is 1. The van der Waals surface area contributed by atoms with Crippen molar-refractivity contribution in [1.29, 1.82) is 0 Å². The SMILES string of the molecule is C#CCN(CC)S(=O)(=O)c1[nH]ncc1C(=O)O. The van der Waals surface area contributed by atoms with Crippen LogP contribution in [0.5, 0.6) is 0 Å². The van der Waals surface area contributed by atoms with Gasteiger partial charge in [-0.1, -0.05) is 12.8 Å². The molecule has 0 spiro atoms. The molecule has 0 atom stereocenters. The third-order valence-corrected chi connectivity index (χ3v) is 3.95. The number of terminal acetylenes is 1. The fraction of sp³-hybridized carbons (Fsp3) is 0.333. The summed E-state index contributed by atoms with van der Waals surface area (Å²) in [5, 5.41) is 14.0. The van der Waals surface area contributed by atoms with Gasteiger partial charge in [0.1, 0.15) is 5.56 Å². The molecule has 0 aromatic carbocycles. The topological polar surface area (TPSA) is 103 Å². The number of hydrogen-bond donors (Lipinski definition) is 2. The number of aromatic amines is 1. The third kappa shape index (κ3) is 2.46. The summed E-state index contributed by atoms with van der Waals surface area (Å²) in [6.07, 6.45) is 6.00. The Morgan fingerprint density at radius 2 is 2.35 bits per heavy atom. The molecule has 2 N–H and O–H groups in total. The normalized spacial score (nSPS) is 11.4. The molecular weight excluding hydrogens is 246 g/mol. The van der Waals surface area contributed by atoms with Crippen molar-refractivity contribution >= 4 is 16.0 Å². The first kappa shape index (κ1) is 13.2. The molecule has 1 heterocycles. The van der Waals surface area contributed by atoms with Gasteiger partial charge >= 0.3 is 5.97 Å². The fourth-order valence-corrected chi connectivity index (χ4v) is 2.65. The number of rotatable bonds is 5. The summed E-state index contributed by atoms with van der Waals surface area (Å²) >= 11 is 0. The number of carboxylic acid groups (broad SMARTS) is 1. The summed E-state index contributed by atoms with van der Waals surface area (Å²) in [7, 11) is -3.95. The maximum Gasteiger partial charge on any atom is 0.340 e. The maximum absolute atomic E-state index is 12.0. The van der Waals surface area contributed by atoms with Crippen molar-refractivity contribution in [3.8, 4) is 12.3 Å². The van der Waals surface area contributed by atoms with Gasteiger partial charge in [-0.2, -0.15) is 9.40 Å². The van der Waals surface area contributed by atoms with E-state index in [0.717, 1.165) is 10.5 Å². The Morgan fingerprint density at radius 1 is 1.71 bits per heavy atom. The summed E-state index contributed by atoms with van der Waals surface area (Å²) < 4.78 is 25.1. The first-order valence-corrected chi connectivity index (χ1v) is 6.09. The number of aromatic carboxylic acids is 1. The lowest BCUT2D eigenvalue weighted by Gasteiger charge is -2.16. The number of nitrogens with zero attached hydrogens (tertiary/aromatic N) is 2. The number of carbonyl (C=O) groups is 1. The second-order valence-electron chi connectivity index (χ2n) is 3.05. The number of H-pyrrole nitrogens is 1. The smallest absolute Gasteiger partial charge is 0.340 e. The molecule has 0 amide bonds. The van der Waals surface area contributed by atoms with Crippen LogP contribution in [0.15, 0.2) is 11.2 Å². The molecule has 1 aromatic rings. The van der Waals surface area contributed by atoms with Gasteiger partial charge in [-0.05, 0) is 0 Å². The molecule has 0 fully saturated rings. The molecule has 8 heteroatoms. The minimum absolute atomic E-state index is 0.128. The van der Waals surface area contributed by atoms with E-state index in [1.807, 2.05) is 0 Å². The van der Waals surface area contributed by atoms with E-state index in [-0.39, 0.29) is 13.1 Å². The highest BCUT2D eigenvalue weighted by atomic mass is 32.2. The number of hydrogen-bond acceptors (Lipinski definition) is 4. The Hall–Kier alpha value is -1.85. The summed E-state index contributed by atoms with van der Waals surface area (Å²) in [5.74, 6) is 0.834. The zero-order valence-electron chi connectivity index (χ0n) is 9.04. The summed E-state index contributed by atoms with van der Waals surface area (Å²) in [4.78, 5) is 10.8. The van der Waals surface area contributed by atoms with Crippen LogP contribution in [0, 0.1) is 12.3 Å². The summed E-state index contributed by atoms with van der Waals surface area (Å²) in [5.41, 5.74) is -0.402. The van der Waals surface area contributed by atoms with E-state index in [4.69, 9.17) is 11.5 Å². The number of aromatic nitrogens is 2. The lowest BCUT2D eigenvalue weighted by Crippen LogP contribution is -2.32. The molecule has 0 aliphatic heterocycles. The molecule has 0 saturated heterocycles. The standard InChI is InChI=1S/C9H11N3O4S/c1-3-5-12(4-2)17(15,16)8-7(9(13)14)6-10-11-8/h1,6H,4-5H2,2H3,(H,10,11)(H,13,14). The van der Waals surface area contributed by atoms with Gasteiger partial charge in [0, 0.05) is 6.54 Å². The largest absolute Gasteiger partial charge is 0.478 e. The van der Waals surface area contributed by atoms with Gasteiger partial charge < -0.3 is 5.11 Å². The highest BCUT2D eigenvalue weighted by Crippen LogP contribution is 2.16. The van der Waals surface area contributed by atoms with Crippen molar-refractivity contribution in [3.05, 3.63) is 11.8 Å². The molecule has 0 bridgehead atoms. The van der Waals surface area contributed by atoms with E-state index >= 15 is 0 Å². The Labute approximate surface area is 98.5 Å². The molecule has 92 valence electrons. The molecule has 0 aliphatic rings. The average Bonchev–Trinajstić information content (AvgIpc) is 2.74. The molecule has 17 heavy (non-hydrogen) atoms. The van der Waals surface area contributed by atoms with E-state index in [1.54, 1.807) is 6.92 Å². The van der Waals surface area contributed by atoms with Crippen molar-refractivity contribution in [3.63, 3.8) is 0 Å². The van der Waals surface area contributed by atoms with Gasteiger partial charge in [0.05, 0.1) is 12.7 Å². The highest BCUT2D eigenvalue weighted by Gasteiger charge is 2.29. The molecule has 7 nitrogen and oxygen atoms in total. The van der Waals surface area contributed by atoms with Crippen molar-refractivity contribution in [2.75, 3.05) is 13.1 Å². The molecule has 0 saturated carbocycles. The number of sulfonamides is 1. The minimum atomic E-state index is -3.95. The Balaban J connectivity index is 3.26. The molecule has 0 radical (unpaired) electrons. The zero-order valence-corrected chi connectivity index (χ0v) is 9.86. The van der Waals surface area contributed by atoms with Gasteiger partial charge in [0.15, 0.2) is 5.03 Å². The second-order valence-corrected chi connectivity index (χ2v) is 4.93. The highest BCUT2D eigenvalue weighted by molar-refractivity contribution is 7.89. The van der Waals surface area contributed by atoms with Crippen molar-refractivity contribution < 1.29 is 18.3 Å². The maximum atomic E-state index is 12.0. The first-order valence-electron chi connectivity index (χ1n) is 4.65. The third-order valence-electron chi connectivity index (χ3n) is 2.05. The molecule has 0 unspecified atom stereocenters. The van der Waals surface area contributed by atoms with E-state index in [2.05, 4.69) is 16.1 Å². The van der Waals surface area contributed by atoms with Crippen LogP contribution < -0.4 is 0 Å². The Bertz CT molecular complexity index is 555. The van der Waals surface area contributed by atoms with Crippen molar-refractivity contribution in [2.45, 2.75) is 11.9 Å². The molecule has 1 aromatic heterocycles. The predicted octanol–water partition coefficient (Wildman–Crippen LogP) is -0.248. The minimum Gasteiger partial charge on any atom is -0.478 e. The quantitative estimate of drug-likeness (QED) is 0.708. The van der Waals surface area contributed by atoms with E-state index < -0.39 is 26.6 Å². The van der Waals surface area contributed by atoms with Crippen LogP contribution in [0.1, 0.15) is 17.3 Å². The average molecular weight is 257 g/mol. The van der Waals surface area contributed by atoms with Crippen molar-refractivity contribution in [2.24, 2.45) is 0 Å². The van der Waals surface area contributed by atoms with Crippen LogP contribution in [-0.4, -0.2) is 47.1 Å². The summed E-state index contributed by atoms with van der Waals surface area (Å²) in [6.45, 7) is 1.62. The Kier molecular flexibility index (Phi) is 3.88. The van der Waals surface area contributed by atoms with E-state index in [0.29, 0.717) is 0 Å². The monoisotopic (exact) mass is 257 g/mol. The first-order chi connectivity index (χ1) is 7.95. The van der Waals surface area contributed by atoms with Crippen molar-refractivity contribution in [1.82, 2.24) is 14.5 Å². The molecule has 0 aliphatic carbocycles. The van der Waals surface area contributed by atoms with Crippen LogP contribution >= 0.6 is 0 Å². The lowest BCUT2D eigenvalue weighted by molar-refractivity contribution is 0.0692. The van der Waals surface area contributed by atoms with Crippen LogP contribution in [0.25, 0.3) is 0 Å². The zero-order chi connectivity index (χ0) is 13.1. The van der Waals surface area contributed by atoms with Crippen LogP contribution in [0.2, 0.25) is 0 Å². The van der Waals surface area contributed by atoms with Gasteiger partial charge in [-0.3, -0.25) is 5.10 Å². The lowest BCUT2D eigenvalue weighted by atomic mass is 10.4. The number of nitrogens with one attached hydrogen (secondary N) is 1. The van der Waals surface area contributed by atoms with E-state index in [1.165, 1.54) is 0 Å². The Morgan fingerprint density at radius 3 is 2.82 bits per heavy atom. The van der Waals surface area contributed by atoms with Crippen LogP contribution in [0.4, 0.5) is 0 Å². The van der Waals surface area contributed by atoms with E-state index in [9.17, 15) is 13.2 Å². The predicted molar refractivity (Wildman–Crippen MR) is 58.8 cm³/mol. The molecular formula is C9H11N3O4S. The molecule has 1 rings (SSSR count). The van der Waals surface area contributed by atoms with Gasteiger partial charge in [0.2, 0.25) is 0 Å². The van der Waals surface area contributed by atoms with Crippen LogP contribution in [0.3, 0.4) is 0 Å².